The van der Waals surface area contributed by atoms with Gasteiger partial charge in [-0.05, 0) is 40.0 Å². The summed E-state index contributed by atoms with van der Waals surface area (Å²) in [6.45, 7) is 5.88. The number of rotatable bonds is 2. The number of ether oxygens (including phenoxy) is 4. The summed E-state index contributed by atoms with van der Waals surface area (Å²) in [4.78, 5) is 12.4. The SMILES string of the molecule is CO[C@@H](C)[C@@]12C[C@H]3C(=O)CCC[C@]3(O1)[C@H]1OC(C)(C)O[C@H]12. The van der Waals surface area contributed by atoms with Crippen molar-refractivity contribution >= 4 is 5.78 Å². The molecule has 4 fully saturated rings. The summed E-state index contributed by atoms with van der Waals surface area (Å²) >= 11 is 0. The maximum Gasteiger partial charge on any atom is 0.164 e. The van der Waals surface area contributed by atoms with E-state index in [1.807, 2.05) is 20.8 Å². The molecule has 3 heterocycles. The Kier molecular flexibility index (Phi) is 2.74. The van der Waals surface area contributed by atoms with E-state index in [1.54, 1.807) is 7.11 Å². The second kappa shape index (κ2) is 4.07. The van der Waals surface area contributed by atoms with Crippen LogP contribution in [0.1, 0.15) is 46.5 Å². The van der Waals surface area contributed by atoms with Crippen LogP contribution in [0.5, 0.6) is 0 Å². The molecule has 118 valence electrons. The van der Waals surface area contributed by atoms with Gasteiger partial charge in [-0.1, -0.05) is 0 Å². The van der Waals surface area contributed by atoms with Gasteiger partial charge in [0, 0.05) is 13.5 Å². The predicted molar refractivity (Wildman–Crippen MR) is 73.8 cm³/mol. The molecular formula is C16H24O5. The summed E-state index contributed by atoms with van der Waals surface area (Å²) in [5.74, 6) is -0.374. The van der Waals surface area contributed by atoms with Crippen LogP contribution in [0.4, 0.5) is 0 Å². The predicted octanol–water partition coefficient (Wildman–Crippen LogP) is 1.82. The average molecular weight is 296 g/mol. The van der Waals surface area contributed by atoms with Gasteiger partial charge in [-0.25, -0.2) is 0 Å². The van der Waals surface area contributed by atoms with E-state index in [-0.39, 0.29) is 24.2 Å². The van der Waals surface area contributed by atoms with Gasteiger partial charge in [-0.3, -0.25) is 4.79 Å². The number of Topliss-reactive ketones (excluding diaryl/α,β-unsaturated/α-hetero) is 1. The minimum Gasteiger partial charge on any atom is -0.379 e. The van der Waals surface area contributed by atoms with Gasteiger partial charge in [-0.15, -0.1) is 0 Å². The number of hydrogen-bond acceptors (Lipinski definition) is 5. The Hall–Kier alpha value is -0.490. The van der Waals surface area contributed by atoms with Gasteiger partial charge in [0.25, 0.3) is 0 Å². The molecule has 1 saturated carbocycles. The van der Waals surface area contributed by atoms with Crippen molar-refractivity contribution in [1.29, 1.82) is 0 Å². The highest BCUT2D eigenvalue weighted by Crippen LogP contribution is 2.64. The lowest BCUT2D eigenvalue weighted by molar-refractivity contribution is -0.234. The van der Waals surface area contributed by atoms with Crippen LogP contribution in [-0.4, -0.2) is 48.2 Å². The van der Waals surface area contributed by atoms with Crippen molar-refractivity contribution in [3.05, 3.63) is 0 Å². The van der Waals surface area contributed by atoms with Crippen LogP contribution in [0.15, 0.2) is 0 Å². The molecule has 0 N–H and O–H groups in total. The van der Waals surface area contributed by atoms with E-state index in [9.17, 15) is 4.79 Å². The highest BCUT2D eigenvalue weighted by molar-refractivity contribution is 5.84. The Morgan fingerprint density at radius 2 is 2.00 bits per heavy atom. The molecule has 1 spiro atoms. The molecule has 0 amide bonds. The van der Waals surface area contributed by atoms with Gasteiger partial charge >= 0.3 is 0 Å². The Morgan fingerprint density at radius 3 is 2.71 bits per heavy atom. The summed E-state index contributed by atoms with van der Waals surface area (Å²) < 4.78 is 24.5. The molecule has 21 heavy (non-hydrogen) atoms. The Labute approximate surface area is 125 Å². The Balaban J connectivity index is 1.81. The minimum absolute atomic E-state index is 0.0670. The van der Waals surface area contributed by atoms with Crippen LogP contribution in [0.25, 0.3) is 0 Å². The van der Waals surface area contributed by atoms with Gasteiger partial charge in [0.2, 0.25) is 0 Å². The molecular weight excluding hydrogens is 272 g/mol. The lowest BCUT2D eigenvalue weighted by atomic mass is 9.63. The van der Waals surface area contributed by atoms with Crippen LogP contribution < -0.4 is 0 Å². The molecule has 2 bridgehead atoms. The summed E-state index contributed by atoms with van der Waals surface area (Å²) in [6.07, 6.45) is 2.68. The molecule has 5 nitrogen and oxygen atoms in total. The number of carbonyl (C=O) groups is 1. The van der Waals surface area contributed by atoms with Crippen LogP contribution in [0.2, 0.25) is 0 Å². The number of methoxy groups -OCH3 is 1. The molecule has 1 aliphatic carbocycles. The first-order chi connectivity index (χ1) is 9.85. The van der Waals surface area contributed by atoms with Crippen LogP contribution in [0, 0.1) is 5.92 Å². The highest BCUT2D eigenvalue weighted by Gasteiger charge is 2.78. The number of ketones is 1. The van der Waals surface area contributed by atoms with E-state index in [4.69, 9.17) is 18.9 Å². The monoisotopic (exact) mass is 296 g/mol. The van der Waals surface area contributed by atoms with Crippen LogP contribution in [-0.2, 0) is 23.7 Å². The van der Waals surface area contributed by atoms with E-state index in [0.717, 1.165) is 12.8 Å². The van der Waals surface area contributed by atoms with Gasteiger partial charge < -0.3 is 18.9 Å². The van der Waals surface area contributed by atoms with Crippen molar-refractivity contribution in [1.82, 2.24) is 0 Å². The fourth-order valence-corrected chi connectivity index (χ4v) is 5.01. The highest BCUT2D eigenvalue weighted by atomic mass is 16.8. The molecule has 0 unspecified atom stereocenters. The molecule has 3 aliphatic heterocycles. The largest absolute Gasteiger partial charge is 0.379 e. The molecule has 0 aromatic rings. The quantitative estimate of drug-likeness (QED) is 0.778. The normalized spacial score (nSPS) is 51.8. The van der Waals surface area contributed by atoms with E-state index in [0.29, 0.717) is 18.6 Å². The first-order valence-corrected chi connectivity index (χ1v) is 7.96. The van der Waals surface area contributed by atoms with Crippen LogP contribution in [0.3, 0.4) is 0 Å². The van der Waals surface area contributed by atoms with Gasteiger partial charge in [-0.2, -0.15) is 0 Å². The molecule has 0 aromatic carbocycles. The zero-order valence-corrected chi connectivity index (χ0v) is 13.2. The van der Waals surface area contributed by atoms with E-state index in [1.165, 1.54) is 0 Å². The minimum atomic E-state index is -0.625. The van der Waals surface area contributed by atoms with Crippen LogP contribution >= 0.6 is 0 Å². The lowest BCUT2D eigenvalue weighted by Gasteiger charge is -2.41. The standard InChI is InChI=1S/C16H24O5/c1-9(18-4)16-8-10-11(17)6-5-7-15(10,21-16)12-13(16)20-14(2,3)19-12/h9-10,12-13H,5-8H2,1-4H3/t9-,10-,12-,13+,15+,16+/m0/s1. The number of hydrogen-bond donors (Lipinski definition) is 0. The smallest absolute Gasteiger partial charge is 0.164 e. The van der Waals surface area contributed by atoms with Gasteiger partial charge in [0.15, 0.2) is 5.79 Å². The summed E-state index contributed by atoms with van der Waals surface area (Å²) in [6, 6.07) is 0. The number of fused-ring (bicyclic) bond motifs is 3. The van der Waals surface area contributed by atoms with E-state index < -0.39 is 17.0 Å². The summed E-state index contributed by atoms with van der Waals surface area (Å²) in [5.41, 5.74) is -1.06. The molecule has 3 saturated heterocycles. The number of carbonyl (C=O) groups excluding carboxylic acids is 1. The van der Waals surface area contributed by atoms with E-state index in [2.05, 4.69) is 0 Å². The average Bonchev–Trinajstić information content (AvgIpc) is 3.02. The first kappa shape index (κ1) is 14.1. The lowest BCUT2D eigenvalue weighted by Crippen LogP contribution is -2.58. The third kappa shape index (κ3) is 1.58. The van der Waals surface area contributed by atoms with Crippen molar-refractivity contribution < 1.29 is 23.7 Å². The van der Waals surface area contributed by atoms with E-state index >= 15 is 0 Å². The summed E-state index contributed by atoms with van der Waals surface area (Å²) in [7, 11) is 1.69. The third-order valence-electron chi connectivity index (χ3n) is 5.97. The second-order valence-electron chi connectivity index (χ2n) is 7.44. The molecule has 4 rings (SSSR count). The first-order valence-electron chi connectivity index (χ1n) is 7.96. The van der Waals surface area contributed by atoms with Crippen molar-refractivity contribution in [3.63, 3.8) is 0 Å². The van der Waals surface area contributed by atoms with Gasteiger partial charge in [0.05, 0.1) is 12.0 Å². The zero-order valence-electron chi connectivity index (χ0n) is 13.2. The topological polar surface area (TPSA) is 54.0 Å². The zero-order chi connectivity index (χ0) is 15.0. The molecule has 6 atom stereocenters. The van der Waals surface area contributed by atoms with Crippen molar-refractivity contribution in [2.24, 2.45) is 5.92 Å². The van der Waals surface area contributed by atoms with Crippen molar-refractivity contribution in [2.75, 3.05) is 7.11 Å². The Bertz CT molecular complexity index is 489. The molecule has 4 aliphatic rings. The fraction of sp³-hybridized carbons (Fsp3) is 0.938. The maximum atomic E-state index is 12.4. The molecule has 0 aromatic heterocycles. The van der Waals surface area contributed by atoms with Gasteiger partial charge in [0.1, 0.15) is 29.2 Å². The fourth-order valence-electron chi connectivity index (χ4n) is 5.01. The molecule has 0 radical (unpaired) electrons. The molecule has 5 heteroatoms. The Morgan fingerprint density at radius 1 is 1.29 bits per heavy atom. The van der Waals surface area contributed by atoms with Crippen molar-refractivity contribution in [3.8, 4) is 0 Å². The maximum absolute atomic E-state index is 12.4. The third-order valence-corrected chi connectivity index (χ3v) is 5.97. The summed E-state index contributed by atoms with van der Waals surface area (Å²) in [5, 5.41) is 0. The second-order valence-corrected chi connectivity index (χ2v) is 7.44. The van der Waals surface area contributed by atoms with Crippen molar-refractivity contribution in [2.45, 2.75) is 81.8 Å².